The summed E-state index contributed by atoms with van der Waals surface area (Å²) in [5, 5.41) is 0. The molecule has 1 saturated carbocycles. The number of carbonyl (C=O) groups excluding carboxylic acids is 1. The molecule has 1 aliphatic rings. The summed E-state index contributed by atoms with van der Waals surface area (Å²) in [4.78, 5) is 11.4. The van der Waals surface area contributed by atoms with Crippen LogP contribution in [0.1, 0.15) is 61.3 Å². The van der Waals surface area contributed by atoms with Gasteiger partial charge in [0.15, 0.2) is 0 Å². The Labute approximate surface area is 125 Å². The van der Waals surface area contributed by atoms with Gasteiger partial charge in [-0.3, -0.25) is 4.79 Å². The quantitative estimate of drug-likeness (QED) is 0.874. The zero-order valence-corrected chi connectivity index (χ0v) is 12.9. The number of nitrogens with two attached hydrogens (primary N) is 2. The molecule has 1 unspecified atom stereocenters. The van der Waals surface area contributed by atoms with E-state index >= 15 is 0 Å². The Balaban J connectivity index is 2.23. The third-order valence-electron chi connectivity index (χ3n) is 4.80. The lowest BCUT2D eigenvalue weighted by Crippen LogP contribution is -2.30. The lowest BCUT2D eigenvalue weighted by atomic mass is 9.75. The zero-order valence-electron chi connectivity index (χ0n) is 12.9. The van der Waals surface area contributed by atoms with E-state index in [2.05, 4.69) is 0 Å². The van der Waals surface area contributed by atoms with Crippen molar-refractivity contribution < 1.29 is 9.18 Å². The summed E-state index contributed by atoms with van der Waals surface area (Å²) in [6.45, 7) is 3.78. The Morgan fingerprint density at radius 1 is 1.29 bits per heavy atom. The van der Waals surface area contributed by atoms with Crippen molar-refractivity contribution in [3.8, 4) is 0 Å². The van der Waals surface area contributed by atoms with Gasteiger partial charge in [0, 0.05) is 12.5 Å². The number of amides is 1. The molecule has 3 nitrogen and oxygen atoms in total. The third kappa shape index (κ3) is 3.62. The molecule has 4 N–H and O–H groups in total. The molecule has 0 bridgehead atoms. The van der Waals surface area contributed by atoms with Gasteiger partial charge in [-0.25, -0.2) is 4.39 Å². The van der Waals surface area contributed by atoms with Gasteiger partial charge in [0.1, 0.15) is 5.82 Å². The molecule has 1 fully saturated rings. The first-order valence-corrected chi connectivity index (χ1v) is 7.63. The van der Waals surface area contributed by atoms with E-state index in [9.17, 15) is 9.18 Å². The van der Waals surface area contributed by atoms with Gasteiger partial charge >= 0.3 is 0 Å². The Morgan fingerprint density at radius 2 is 1.81 bits per heavy atom. The normalized spacial score (nSPS) is 18.7. The van der Waals surface area contributed by atoms with Gasteiger partial charge in [-0.2, -0.15) is 0 Å². The number of hydrogen-bond donors (Lipinski definition) is 2. The first-order valence-electron chi connectivity index (χ1n) is 7.63. The average Bonchev–Trinajstić information content (AvgIpc) is 2.74. The van der Waals surface area contributed by atoms with Gasteiger partial charge < -0.3 is 11.5 Å². The molecule has 0 aliphatic heterocycles. The second kappa shape index (κ2) is 6.14. The van der Waals surface area contributed by atoms with Gasteiger partial charge in [-0.05, 0) is 67.3 Å². The van der Waals surface area contributed by atoms with Gasteiger partial charge in [-0.15, -0.1) is 0 Å². The summed E-state index contributed by atoms with van der Waals surface area (Å²) in [6.07, 6.45) is 5.40. The highest BCUT2D eigenvalue weighted by atomic mass is 19.1. The van der Waals surface area contributed by atoms with Crippen LogP contribution in [0.2, 0.25) is 0 Å². The first kappa shape index (κ1) is 16.0. The molecular weight excluding hydrogens is 267 g/mol. The largest absolute Gasteiger partial charge is 0.370 e. The van der Waals surface area contributed by atoms with Crippen molar-refractivity contribution in [3.05, 3.63) is 34.6 Å². The number of carbonyl (C=O) groups is 1. The maximum absolute atomic E-state index is 13.4. The summed E-state index contributed by atoms with van der Waals surface area (Å²) in [7, 11) is 0. The molecule has 116 valence electrons. The zero-order chi connectivity index (χ0) is 15.6. The Bertz CT molecular complexity index is 513. The molecule has 0 aromatic heterocycles. The van der Waals surface area contributed by atoms with Crippen LogP contribution in [0.15, 0.2) is 12.1 Å². The average molecular weight is 292 g/mol. The maximum atomic E-state index is 13.4. The fourth-order valence-electron chi connectivity index (χ4n) is 4.02. The number of rotatable bonds is 5. The molecule has 0 heterocycles. The van der Waals surface area contributed by atoms with E-state index in [0.29, 0.717) is 6.42 Å². The fraction of sp³-hybridized carbons (Fsp3) is 0.588. The van der Waals surface area contributed by atoms with E-state index in [1.54, 1.807) is 0 Å². The number of hydrogen-bond acceptors (Lipinski definition) is 2. The lowest BCUT2D eigenvalue weighted by Gasteiger charge is -2.32. The molecule has 0 saturated heterocycles. The lowest BCUT2D eigenvalue weighted by molar-refractivity contribution is -0.120. The molecule has 4 heteroatoms. The topological polar surface area (TPSA) is 69.1 Å². The monoisotopic (exact) mass is 292 g/mol. The molecule has 0 spiro atoms. The summed E-state index contributed by atoms with van der Waals surface area (Å²) in [5.74, 6) is -0.481. The van der Waals surface area contributed by atoms with E-state index in [4.69, 9.17) is 11.5 Å². The minimum absolute atomic E-state index is 0.0709. The van der Waals surface area contributed by atoms with Gasteiger partial charge in [-0.1, -0.05) is 12.8 Å². The molecule has 1 aromatic rings. The number of aryl methyl sites for hydroxylation is 2. The fourth-order valence-corrected chi connectivity index (χ4v) is 4.02. The highest BCUT2D eigenvalue weighted by Gasteiger charge is 2.37. The summed E-state index contributed by atoms with van der Waals surface area (Å²) in [5.41, 5.74) is 14.5. The number of halogens is 1. The Hall–Kier alpha value is -1.42. The Morgan fingerprint density at radius 3 is 2.29 bits per heavy atom. The van der Waals surface area contributed by atoms with Crippen LogP contribution < -0.4 is 11.5 Å². The van der Waals surface area contributed by atoms with Crippen LogP contribution in [0, 0.1) is 25.1 Å². The van der Waals surface area contributed by atoms with Crippen LogP contribution in [0.25, 0.3) is 0 Å². The summed E-state index contributed by atoms with van der Waals surface area (Å²) >= 11 is 0. The smallest absolute Gasteiger partial charge is 0.217 e. The van der Waals surface area contributed by atoms with Gasteiger partial charge in [0.25, 0.3) is 0 Å². The van der Waals surface area contributed by atoms with Crippen molar-refractivity contribution in [3.63, 3.8) is 0 Å². The molecule has 1 aromatic carbocycles. The molecule has 0 radical (unpaired) electrons. The standard InChI is InChI=1S/C17H25FN2O/c1-11-7-13(18)8-12(2)16(11)14(19)9-17(10-15(20)21)5-3-4-6-17/h7-8,14H,3-6,9-10,19H2,1-2H3,(H2,20,21). The SMILES string of the molecule is Cc1cc(F)cc(C)c1C(N)CC1(CC(N)=O)CCCC1. The second-order valence-electron chi connectivity index (χ2n) is 6.61. The van der Waals surface area contributed by atoms with Crippen molar-refractivity contribution in [2.75, 3.05) is 0 Å². The van der Waals surface area contributed by atoms with Crippen molar-refractivity contribution in [2.24, 2.45) is 16.9 Å². The minimum Gasteiger partial charge on any atom is -0.370 e. The van der Waals surface area contributed by atoms with E-state index in [1.807, 2.05) is 13.8 Å². The van der Waals surface area contributed by atoms with Crippen LogP contribution in [0.3, 0.4) is 0 Å². The van der Waals surface area contributed by atoms with Crippen LogP contribution in [0.4, 0.5) is 4.39 Å². The Kier molecular flexibility index (Phi) is 4.67. The minimum atomic E-state index is -0.253. The van der Waals surface area contributed by atoms with Crippen molar-refractivity contribution in [1.29, 1.82) is 0 Å². The molecule has 21 heavy (non-hydrogen) atoms. The number of primary amides is 1. The summed E-state index contributed by atoms with van der Waals surface area (Å²) in [6, 6.07) is 2.87. The number of benzene rings is 1. The predicted octanol–water partition coefficient (Wildman–Crippen LogP) is 3.27. The van der Waals surface area contributed by atoms with Crippen molar-refractivity contribution >= 4 is 5.91 Å². The van der Waals surface area contributed by atoms with Crippen molar-refractivity contribution in [1.82, 2.24) is 0 Å². The van der Waals surface area contributed by atoms with E-state index < -0.39 is 0 Å². The van der Waals surface area contributed by atoms with E-state index in [1.165, 1.54) is 12.1 Å². The molecule has 2 rings (SSSR count). The molecule has 1 atom stereocenters. The van der Waals surface area contributed by atoms with E-state index in [0.717, 1.165) is 48.8 Å². The van der Waals surface area contributed by atoms with Gasteiger partial charge in [0.2, 0.25) is 5.91 Å². The molecule has 1 aliphatic carbocycles. The second-order valence-corrected chi connectivity index (χ2v) is 6.61. The van der Waals surface area contributed by atoms with Crippen LogP contribution >= 0.6 is 0 Å². The maximum Gasteiger partial charge on any atom is 0.217 e. The van der Waals surface area contributed by atoms with Crippen LogP contribution in [-0.4, -0.2) is 5.91 Å². The highest BCUT2D eigenvalue weighted by Crippen LogP contribution is 2.47. The molecule has 1 amide bonds. The highest BCUT2D eigenvalue weighted by molar-refractivity contribution is 5.74. The first-order chi connectivity index (χ1) is 9.83. The van der Waals surface area contributed by atoms with E-state index in [-0.39, 0.29) is 23.2 Å². The van der Waals surface area contributed by atoms with Crippen LogP contribution in [-0.2, 0) is 4.79 Å². The predicted molar refractivity (Wildman–Crippen MR) is 82.1 cm³/mol. The van der Waals surface area contributed by atoms with Crippen molar-refractivity contribution in [2.45, 2.75) is 58.4 Å². The third-order valence-corrected chi connectivity index (χ3v) is 4.80. The van der Waals surface area contributed by atoms with Crippen LogP contribution in [0.5, 0.6) is 0 Å². The van der Waals surface area contributed by atoms with Gasteiger partial charge in [0.05, 0.1) is 0 Å². The molecular formula is C17H25FN2O. The summed E-state index contributed by atoms with van der Waals surface area (Å²) < 4.78 is 13.4.